The van der Waals surface area contributed by atoms with Gasteiger partial charge in [0, 0.05) is 58.4 Å². The number of nitrogens with two attached hydrogens (primary N) is 1. The number of thiazole rings is 2. The number of hydrogen-bond donors (Lipinski definition) is 8. The Bertz CT molecular complexity index is 3690. The normalized spacial score (nSPS) is 13.0. The lowest BCUT2D eigenvalue weighted by Gasteiger charge is -2.31. The number of amides is 5. The third kappa shape index (κ3) is 25.5. The molecule has 0 spiro atoms. The molecule has 0 aliphatic carbocycles. The number of rotatable bonds is 18. The second-order valence-electron chi connectivity index (χ2n) is 22.1. The number of halogens is 1. The van der Waals surface area contributed by atoms with E-state index in [0.717, 1.165) is 58.0 Å². The lowest BCUT2D eigenvalue weighted by atomic mass is 9.94. The molecule has 28 heteroatoms. The van der Waals surface area contributed by atoms with Gasteiger partial charge in [0.2, 0.25) is 40.7 Å². The molecule has 2 aliphatic heterocycles. The largest absolute Gasteiger partial charge is 0.478 e. The zero-order chi connectivity index (χ0) is 67.5. The highest BCUT2D eigenvalue weighted by Gasteiger charge is 2.29. The quantitative estimate of drug-likeness (QED) is 0.0171. The molecule has 23 nitrogen and oxygen atoms in total. The number of carbonyl (C=O) groups excluding carboxylic acids is 6. The predicted molar refractivity (Wildman–Crippen MR) is 362 cm³/mol. The minimum atomic E-state index is -1.03. The number of oxazole rings is 2. The average molecular weight is 1350 g/mol. The Morgan fingerprint density at radius 1 is 0.620 bits per heavy atom. The summed E-state index contributed by atoms with van der Waals surface area (Å²) in [7, 11) is 0. The summed E-state index contributed by atoms with van der Waals surface area (Å²) in [5, 5.41) is 32.1. The van der Waals surface area contributed by atoms with Crippen molar-refractivity contribution in [3.63, 3.8) is 0 Å². The number of hydrogen-bond acceptors (Lipinski definition) is 20. The van der Waals surface area contributed by atoms with Gasteiger partial charge in [0.15, 0.2) is 10.3 Å². The number of benzene rings is 3. The zero-order valence-electron chi connectivity index (χ0n) is 51.6. The van der Waals surface area contributed by atoms with Crippen molar-refractivity contribution in [2.45, 2.75) is 98.0 Å². The molecule has 9 rings (SSSR count). The second-order valence-corrected chi connectivity index (χ2v) is 27.1. The number of allylic oxidation sites excluding steroid dienone is 1. The van der Waals surface area contributed by atoms with Crippen molar-refractivity contribution >= 4 is 132 Å². The minimum Gasteiger partial charge on any atom is -0.478 e. The van der Waals surface area contributed by atoms with Crippen molar-refractivity contribution in [3.05, 3.63) is 176 Å². The van der Waals surface area contributed by atoms with Gasteiger partial charge in [0.25, 0.3) is 5.91 Å². The molecule has 0 radical (unpaired) electrons. The Balaban J connectivity index is 0.000000242. The average Bonchev–Trinajstić information content (AvgIpc) is 1.58. The highest BCUT2D eigenvalue weighted by molar-refractivity contribution is 8.00. The van der Waals surface area contributed by atoms with Gasteiger partial charge in [-0.1, -0.05) is 102 Å². The standard InChI is InChI=1S/C27H31N5O4S2.C17H24N4O2S2.C10H9NO3.C7H7NO2.C3H3ClO/c1-5-21(33)30-19-8-6-7-18(13-19)25(35)32-11-9-17(10-12-32)24(34)31-26-29-15-23(38-26)37-16-22-28-14-20(36-22)27(2,3)4;1-17(2,3)12-8-19-13(23-12)10-24-14-9-20-16(25-14)21-15(22)11-4-6-18-7-5-11;1-2-9(12)11-8-5-3-4-7(6-8)10(13)14;8-6-3-1-2-5(4-6)7(9)10;1-2-3(4)5/h5-8,13-15,17H,1,9-12,16H2,2-4H3,(H,30,33)(H,29,31,34);8-9,11,18H,4-7,10H2,1-3H3,(H,20,21,22);2-6H,1H2,(H,11,12)(H,13,14);1-4H,8H2,(H,9,10);2H,1H2. The molecule has 9 N–H and O–H groups in total. The van der Waals surface area contributed by atoms with Crippen LogP contribution in [0.3, 0.4) is 0 Å². The molecule has 5 amide bonds. The van der Waals surface area contributed by atoms with Gasteiger partial charge >= 0.3 is 11.9 Å². The maximum atomic E-state index is 13.0. The van der Waals surface area contributed by atoms with Crippen molar-refractivity contribution in [3.8, 4) is 0 Å². The van der Waals surface area contributed by atoms with Gasteiger partial charge in [-0.15, -0.1) is 23.5 Å². The number of likely N-dealkylation sites (tertiary alicyclic amines) is 1. The van der Waals surface area contributed by atoms with Crippen molar-refractivity contribution in [2.24, 2.45) is 11.8 Å². The van der Waals surface area contributed by atoms with E-state index in [1.165, 1.54) is 53.0 Å². The molecule has 3 aromatic carbocycles. The van der Waals surface area contributed by atoms with E-state index in [-0.39, 0.29) is 63.3 Å². The first-order chi connectivity index (χ1) is 43.6. The molecule has 488 valence electrons. The summed E-state index contributed by atoms with van der Waals surface area (Å²) in [5.41, 5.74) is 7.50. The van der Waals surface area contributed by atoms with E-state index < -0.39 is 17.2 Å². The fourth-order valence-electron chi connectivity index (χ4n) is 8.03. The van der Waals surface area contributed by atoms with Crippen molar-refractivity contribution in [1.82, 2.24) is 30.2 Å². The molecule has 0 bridgehead atoms. The van der Waals surface area contributed by atoms with Gasteiger partial charge in [-0.25, -0.2) is 29.5 Å². The first kappa shape index (κ1) is 74.0. The fourth-order valence-corrected chi connectivity index (χ4v) is 11.5. The number of nitrogens with one attached hydrogen (secondary N) is 5. The maximum Gasteiger partial charge on any atom is 0.335 e. The summed E-state index contributed by atoms with van der Waals surface area (Å²) in [6, 6.07) is 19.0. The molecular weight excluding hydrogens is 1280 g/mol. The van der Waals surface area contributed by atoms with E-state index in [4.69, 9.17) is 36.4 Å². The number of anilines is 5. The van der Waals surface area contributed by atoms with Crippen LogP contribution in [0.25, 0.3) is 0 Å². The molecule has 0 atom stereocenters. The third-order valence-corrected chi connectivity index (χ3v) is 17.3. The molecule has 2 aliphatic rings. The summed E-state index contributed by atoms with van der Waals surface area (Å²) in [4.78, 5) is 110. The first-order valence-electron chi connectivity index (χ1n) is 28.5. The molecule has 92 heavy (non-hydrogen) atoms. The van der Waals surface area contributed by atoms with Crippen molar-refractivity contribution in [1.29, 1.82) is 0 Å². The molecular formula is C64H74ClN11O12S4. The first-order valence-corrected chi connectivity index (χ1v) is 32.5. The fraction of sp³-hybridized carbons (Fsp3) is 0.312. The second kappa shape index (κ2) is 36.3. The van der Waals surface area contributed by atoms with Crippen molar-refractivity contribution < 1.29 is 57.4 Å². The van der Waals surface area contributed by atoms with E-state index >= 15 is 0 Å². The van der Waals surface area contributed by atoms with Gasteiger partial charge < -0.3 is 56.3 Å². The zero-order valence-corrected chi connectivity index (χ0v) is 55.6. The topological polar surface area (TPSA) is 344 Å². The Labute approximate surface area is 554 Å². The summed E-state index contributed by atoms with van der Waals surface area (Å²) < 4.78 is 13.6. The number of carbonyl (C=O) groups is 8. The Morgan fingerprint density at radius 2 is 1.03 bits per heavy atom. The van der Waals surface area contributed by atoms with Crippen LogP contribution < -0.4 is 32.3 Å². The van der Waals surface area contributed by atoms with Crippen LogP contribution in [0.4, 0.5) is 27.3 Å². The van der Waals surface area contributed by atoms with Crippen molar-refractivity contribution in [2.75, 3.05) is 53.2 Å². The van der Waals surface area contributed by atoms with Crippen LogP contribution in [0.15, 0.2) is 153 Å². The SMILES string of the molecule is C=CC(=O)Cl.C=CC(=O)Nc1cccc(C(=O)N2CCC(C(=O)Nc3ncc(SCc4ncc(C(C)(C)C)o4)s3)CC2)c1.C=CC(=O)Nc1cccc(C(=O)O)c1.CC(C)(C)c1cnc(CSc2cnc(NC(=O)C3CCNCC3)s2)o1.Nc1cccc(C(=O)O)c1. The minimum absolute atomic E-state index is 0.0352. The lowest BCUT2D eigenvalue weighted by molar-refractivity contribution is -0.121. The lowest BCUT2D eigenvalue weighted by Crippen LogP contribution is -2.41. The maximum absolute atomic E-state index is 13.0. The Kier molecular flexibility index (Phi) is 29.2. The summed E-state index contributed by atoms with van der Waals surface area (Å²) in [6.07, 6.45) is 13.4. The van der Waals surface area contributed by atoms with Gasteiger partial charge in [-0.05, 0) is 123 Å². The van der Waals surface area contributed by atoms with E-state index in [2.05, 4.69) is 108 Å². The highest BCUT2D eigenvalue weighted by atomic mass is 35.5. The summed E-state index contributed by atoms with van der Waals surface area (Å²) >= 11 is 10.8. The van der Waals surface area contributed by atoms with E-state index in [0.29, 0.717) is 82.1 Å². The number of piperidine rings is 2. The smallest absolute Gasteiger partial charge is 0.335 e. The van der Waals surface area contributed by atoms with Crippen LogP contribution >= 0.6 is 57.8 Å². The van der Waals surface area contributed by atoms with Gasteiger partial charge in [-0.2, -0.15) is 0 Å². The van der Waals surface area contributed by atoms with Crippen LogP contribution in [0.1, 0.15) is 122 Å². The molecule has 6 heterocycles. The van der Waals surface area contributed by atoms with E-state index in [9.17, 15) is 38.4 Å². The Hall–Kier alpha value is -8.73. The molecule has 0 saturated carbocycles. The summed E-state index contributed by atoms with van der Waals surface area (Å²) in [5.74, 6) is 1.43. The highest BCUT2D eigenvalue weighted by Crippen LogP contribution is 2.34. The van der Waals surface area contributed by atoms with Crippen LogP contribution in [0, 0.1) is 11.8 Å². The number of thioether (sulfide) groups is 2. The van der Waals surface area contributed by atoms with Gasteiger partial charge in [0.05, 0.1) is 55.8 Å². The molecule has 0 unspecified atom stereocenters. The molecule has 7 aromatic rings. The van der Waals surface area contributed by atoms with E-state index in [1.807, 2.05) is 0 Å². The third-order valence-electron chi connectivity index (χ3n) is 13.0. The number of aromatic nitrogens is 4. The number of nitrogens with zero attached hydrogens (tertiary/aromatic N) is 5. The molecule has 2 fully saturated rings. The number of carboxylic acid groups (broad SMARTS) is 2. The van der Waals surface area contributed by atoms with Crippen LogP contribution in [-0.2, 0) is 46.3 Å². The molecule has 2 saturated heterocycles. The van der Waals surface area contributed by atoms with Crippen LogP contribution in [0.5, 0.6) is 0 Å². The van der Waals surface area contributed by atoms with Crippen LogP contribution in [-0.4, -0.2) is 108 Å². The predicted octanol–water partition coefficient (Wildman–Crippen LogP) is 12.4. The number of aromatic carboxylic acids is 2. The van der Waals surface area contributed by atoms with Gasteiger partial charge in [0.1, 0.15) is 11.5 Å². The Morgan fingerprint density at radius 3 is 1.42 bits per heavy atom. The van der Waals surface area contributed by atoms with E-state index in [1.54, 1.807) is 102 Å². The summed E-state index contributed by atoms with van der Waals surface area (Å²) in [6.45, 7) is 25.1. The number of carboxylic acids is 2. The van der Waals surface area contributed by atoms with Crippen LogP contribution in [0.2, 0.25) is 0 Å². The molecule has 4 aromatic heterocycles. The monoisotopic (exact) mass is 1350 g/mol. The van der Waals surface area contributed by atoms with Gasteiger partial charge in [-0.3, -0.25) is 28.8 Å². The number of nitrogen functional groups attached to an aromatic ring is 1.